The summed E-state index contributed by atoms with van der Waals surface area (Å²) in [5, 5.41) is 0. The van der Waals surface area contributed by atoms with Crippen molar-refractivity contribution in [2.45, 2.75) is 85.2 Å². The fourth-order valence-electron chi connectivity index (χ4n) is 8.02. The van der Waals surface area contributed by atoms with E-state index in [4.69, 9.17) is 4.74 Å². The normalized spacial score (nSPS) is 49.0. The average Bonchev–Trinajstić information content (AvgIpc) is 2.95. The first-order valence-electron chi connectivity index (χ1n) is 10.9. The van der Waals surface area contributed by atoms with E-state index in [9.17, 15) is 14.4 Å². The van der Waals surface area contributed by atoms with Crippen LogP contribution in [0.15, 0.2) is 0 Å². The molecular weight excluding hydrogens is 340 g/mol. The largest absolute Gasteiger partial charge is 0.462 e. The topological polar surface area (TPSA) is 60.4 Å². The molecule has 0 amide bonds. The molecule has 4 fully saturated rings. The number of ketones is 2. The Bertz CT molecular complexity index is 669. The molecule has 0 N–H and O–H groups in total. The van der Waals surface area contributed by atoms with Gasteiger partial charge in [-0.25, -0.2) is 0 Å². The van der Waals surface area contributed by atoms with Crippen LogP contribution in [0.4, 0.5) is 0 Å². The third-order valence-electron chi connectivity index (χ3n) is 9.36. The van der Waals surface area contributed by atoms with E-state index in [0.29, 0.717) is 35.9 Å². The first-order valence-corrected chi connectivity index (χ1v) is 10.9. The minimum absolute atomic E-state index is 0.00580. The summed E-state index contributed by atoms with van der Waals surface area (Å²) >= 11 is 0. The smallest absolute Gasteiger partial charge is 0.302 e. The van der Waals surface area contributed by atoms with Crippen molar-refractivity contribution in [2.75, 3.05) is 0 Å². The summed E-state index contributed by atoms with van der Waals surface area (Å²) in [7, 11) is 0. The summed E-state index contributed by atoms with van der Waals surface area (Å²) in [4.78, 5) is 36.5. The lowest BCUT2D eigenvalue weighted by atomic mass is 9.44. The molecule has 27 heavy (non-hydrogen) atoms. The van der Waals surface area contributed by atoms with Gasteiger partial charge in [0.05, 0.1) is 0 Å². The second kappa shape index (κ2) is 6.42. The molecule has 4 saturated carbocycles. The molecule has 8 atom stereocenters. The van der Waals surface area contributed by atoms with E-state index in [-0.39, 0.29) is 34.6 Å². The van der Waals surface area contributed by atoms with E-state index in [1.165, 1.54) is 6.92 Å². The maximum Gasteiger partial charge on any atom is 0.302 e. The second-order valence-corrected chi connectivity index (χ2v) is 10.3. The zero-order valence-electron chi connectivity index (χ0n) is 17.3. The molecule has 0 aromatic heterocycles. The number of carbonyl (C=O) groups excluding carboxylic acids is 3. The Labute approximate surface area is 162 Å². The molecular formula is C23H34O4. The lowest BCUT2D eigenvalue weighted by molar-refractivity contribution is -0.191. The highest BCUT2D eigenvalue weighted by molar-refractivity contribution is 5.80. The van der Waals surface area contributed by atoms with E-state index < -0.39 is 0 Å². The van der Waals surface area contributed by atoms with E-state index in [1.54, 1.807) is 6.92 Å². The van der Waals surface area contributed by atoms with Crippen molar-refractivity contribution in [3.8, 4) is 0 Å². The molecule has 0 spiro atoms. The highest BCUT2D eigenvalue weighted by atomic mass is 16.5. The van der Waals surface area contributed by atoms with Crippen LogP contribution in [0.25, 0.3) is 0 Å². The van der Waals surface area contributed by atoms with Crippen LogP contribution in [0.5, 0.6) is 0 Å². The van der Waals surface area contributed by atoms with E-state index in [0.717, 1.165) is 44.9 Å². The van der Waals surface area contributed by atoms with E-state index >= 15 is 0 Å². The lowest BCUT2D eigenvalue weighted by Crippen LogP contribution is -2.59. The van der Waals surface area contributed by atoms with Crippen molar-refractivity contribution in [1.29, 1.82) is 0 Å². The molecule has 0 saturated heterocycles. The monoisotopic (exact) mass is 374 g/mol. The lowest BCUT2D eigenvalue weighted by Gasteiger charge is -2.61. The molecule has 4 heteroatoms. The zero-order chi connectivity index (χ0) is 19.6. The molecule has 0 aliphatic heterocycles. The van der Waals surface area contributed by atoms with E-state index in [1.807, 2.05) is 0 Å². The molecule has 0 heterocycles. The fourth-order valence-corrected chi connectivity index (χ4v) is 8.02. The first kappa shape index (κ1) is 19.1. The predicted molar refractivity (Wildman–Crippen MR) is 102 cm³/mol. The van der Waals surface area contributed by atoms with Crippen LogP contribution in [0.3, 0.4) is 0 Å². The van der Waals surface area contributed by atoms with Gasteiger partial charge in [-0.15, -0.1) is 0 Å². The standard InChI is InChI=1S/C23H34O4/c1-13(24)18-7-8-19-17-6-5-15-11-16(26)9-10-22(15,3)20(17)12-21(23(18,19)4)27-14(2)25/h15,17-21H,5-12H2,1-4H3/t15?,17-,18+,19-,20-,21?,22-,23+/m0/s1. The Kier molecular flexibility index (Phi) is 4.55. The Morgan fingerprint density at radius 3 is 2.44 bits per heavy atom. The van der Waals surface area contributed by atoms with Crippen molar-refractivity contribution in [3.05, 3.63) is 0 Å². The van der Waals surface area contributed by atoms with Gasteiger partial charge < -0.3 is 4.74 Å². The summed E-state index contributed by atoms with van der Waals surface area (Å²) in [6.07, 6.45) is 7.39. The average molecular weight is 375 g/mol. The number of ether oxygens (including phenoxy) is 1. The molecule has 2 unspecified atom stereocenters. The van der Waals surface area contributed by atoms with Crippen LogP contribution in [0.2, 0.25) is 0 Å². The molecule has 150 valence electrons. The van der Waals surface area contributed by atoms with Gasteiger partial charge in [-0.05, 0) is 74.5 Å². The number of fused-ring (bicyclic) bond motifs is 5. The van der Waals surface area contributed by atoms with Gasteiger partial charge in [0.1, 0.15) is 17.7 Å². The van der Waals surface area contributed by atoms with Gasteiger partial charge in [0.25, 0.3) is 0 Å². The second-order valence-electron chi connectivity index (χ2n) is 10.3. The number of carbonyl (C=O) groups is 3. The quantitative estimate of drug-likeness (QED) is 0.675. The number of hydrogen-bond acceptors (Lipinski definition) is 4. The molecule has 0 bridgehead atoms. The molecule has 4 rings (SSSR count). The molecule has 4 aliphatic carbocycles. The Morgan fingerprint density at radius 1 is 1.04 bits per heavy atom. The van der Waals surface area contributed by atoms with Gasteiger partial charge in [-0.3, -0.25) is 14.4 Å². The summed E-state index contributed by atoms with van der Waals surface area (Å²) in [6, 6.07) is 0. The van der Waals surface area contributed by atoms with Crippen LogP contribution in [0.1, 0.15) is 79.1 Å². The summed E-state index contributed by atoms with van der Waals surface area (Å²) in [5.41, 5.74) is -0.0583. The fraction of sp³-hybridized carbons (Fsp3) is 0.870. The van der Waals surface area contributed by atoms with Crippen LogP contribution >= 0.6 is 0 Å². The van der Waals surface area contributed by atoms with Gasteiger partial charge in [0.15, 0.2) is 0 Å². The highest BCUT2D eigenvalue weighted by Gasteiger charge is 2.65. The third kappa shape index (κ3) is 2.73. The Balaban J connectivity index is 1.72. The maximum atomic E-state index is 12.4. The Hall–Kier alpha value is -1.19. The van der Waals surface area contributed by atoms with E-state index in [2.05, 4.69) is 13.8 Å². The molecule has 0 radical (unpaired) electrons. The third-order valence-corrected chi connectivity index (χ3v) is 9.36. The number of esters is 1. The van der Waals surface area contributed by atoms with Crippen molar-refractivity contribution < 1.29 is 19.1 Å². The number of Topliss-reactive ketones (excluding diaryl/α,β-unsaturated/α-hetero) is 2. The summed E-state index contributed by atoms with van der Waals surface area (Å²) < 4.78 is 5.93. The number of hydrogen-bond donors (Lipinski definition) is 0. The SMILES string of the molecule is CC(=O)OC1C[C@H]2[C@@H](CCC3CC(=O)CC[C@@]32C)[C@@H]2CC[C@H](C(C)=O)[C@@]12C. The van der Waals surface area contributed by atoms with Crippen LogP contribution in [-0.2, 0) is 19.1 Å². The Morgan fingerprint density at radius 2 is 1.78 bits per heavy atom. The number of rotatable bonds is 2. The van der Waals surface area contributed by atoms with Gasteiger partial charge in [-0.2, -0.15) is 0 Å². The molecule has 4 aliphatic rings. The minimum Gasteiger partial charge on any atom is -0.462 e. The minimum atomic E-state index is -0.232. The van der Waals surface area contributed by atoms with Gasteiger partial charge >= 0.3 is 5.97 Å². The highest BCUT2D eigenvalue weighted by Crippen LogP contribution is 2.67. The zero-order valence-corrected chi connectivity index (χ0v) is 17.3. The van der Waals surface area contributed by atoms with Crippen molar-refractivity contribution in [1.82, 2.24) is 0 Å². The van der Waals surface area contributed by atoms with Gasteiger partial charge in [0, 0.05) is 31.1 Å². The van der Waals surface area contributed by atoms with Crippen molar-refractivity contribution in [2.24, 2.45) is 40.4 Å². The van der Waals surface area contributed by atoms with Gasteiger partial charge in [-0.1, -0.05) is 13.8 Å². The molecule has 4 nitrogen and oxygen atoms in total. The molecule has 0 aromatic carbocycles. The first-order chi connectivity index (χ1) is 12.7. The molecule has 0 aromatic rings. The summed E-state index contributed by atoms with van der Waals surface area (Å²) in [5.74, 6) is 2.47. The van der Waals surface area contributed by atoms with Crippen LogP contribution in [0, 0.1) is 40.4 Å². The summed E-state index contributed by atoms with van der Waals surface area (Å²) in [6.45, 7) is 7.82. The van der Waals surface area contributed by atoms with Crippen molar-refractivity contribution in [3.63, 3.8) is 0 Å². The predicted octanol–water partition coefficient (Wildman–Crippen LogP) is 4.35. The van der Waals surface area contributed by atoms with Crippen molar-refractivity contribution >= 4 is 17.5 Å². The van der Waals surface area contributed by atoms with Gasteiger partial charge in [0.2, 0.25) is 0 Å². The van der Waals surface area contributed by atoms with Crippen LogP contribution in [-0.4, -0.2) is 23.6 Å². The van der Waals surface area contributed by atoms with Crippen LogP contribution < -0.4 is 0 Å². The maximum absolute atomic E-state index is 12.4.